The van der Waals surface area contributed by atoms with E-state index in [-0.39, 0.29) is 51.0 Å². The first kappa shape index (κ1) is 27.0. The maximum absolute atomic E-state index is 3.40. The predicted octanol–water partition coefficient (Wildman–Crippen LogP) is 1.20. The largest absolute Gasteiger partial charge is 4.00 e. The van der Waals surface area contributed by atoms with Crippen LogP contribution in [0.5, 0.6) is 0 Å². The summed E-state index contributed by atoms with van der Waals surface area (Å²) in [4.78, 5) is 0. The average molecular weight is 515 g/mol. The van der Waals surface area contributed by atoms with Crippen LogP contribution >= 0.6 is 0 Å². The summed E-state index contributed by atoms with van der Waals surface area (Å²) < 4.78 is 0. The van der Waals surface area contributed by atoms with Crippen LogP contribution in [0.15, 0.2) is 66.7 Å². The van der Waals surface area contributed by atoms with Gasteiger partial charge in [-0.05, 0) is 5.92 Å². The van der Waals surface area contributed by atoms with Gasteiger partial charge in [0, 0.05) is 0 Å². The standard InChI is InChI=1S/C16H17.C11H11.2ClH.Zr/c1-12-10-14-8-5-9-15(16(14)11-12)13-6-3-2-4-7-13;1-8-7-9(2)11-6-4-3-5-10(8)11;;;/h2-4,6-7,10-11,15H,5,8-9H2,1H3;3-6,8H,1-2H3;2*1H;/q2*-1;;;+4/p-2. The fraction of sp³-hybridized carbons (Fsp3) is 0.296. The van der Waals surface area contributed by atoms with Gasteiger partial charge in [-0.2, -0.15) is 28.3 Å². The Balaban J connectivity index is 0.000000288. The first-order chi connectivity index (χ1) is 13.1. The van der Waals surface area contributed by atoms with Crippen molar-refractivity contribution in [3.63, 3.8) is 0 Å². The minimum Gasteiger partial charge on any atom is -1.00 e. The number of hydrogen-bond acceptors (Lipinski definition) is 0. The van der Waals surface area contributed by atoms with Gasteiger partial charge in [0.25, 0.3) is 0 Å². The Morgan fingerprint density at radius 1 is 0.900 bits per heavy atom. The summed E-state index contributed by atoms with van der Waals surface area (Å²) in [5.41, 5.74) is 10.2. The van der Waals surface area contributed by atoms with E-state index in [1.165, 1.54) is 47.1 Å². The average Bonchev–Trinajstić information content (AvgIpc) is 3.22. The molecule has 154 valence electrons. The summed E-state index contributed by atoms with van der Waals surface area (Å²) in [6, 6.07) is 24.2. The van der Waals surface area contributed by atoms with Crippen LogP contribution in [0.2, 0.25) is 0 Å². The van der Waals surface area contributed by atoms with Crippen molar-refractivity contribution in [3.05, 3.63) is 106 Å². The smallest absolute Gasteiger partial charge is 1.00 e. The fourth-order valence-electron chi connectivity index (χ4n) is 4.66. The first-order valence-corrected chi connectivity index (χ1v) is 10.1. The van der Waals surface area contributed by atoms with Gasteiger partial charge in [-0.25, -0.2) is 11.6 Å². The van der Waals surface area contributed by atoms with E-state index >= 15 is 0 Å². The molecule has 0 saturated heterocycles. The van der Waals surface area contributed by atoms with Gasteiger partial charge in [0.05, 0.1) is 0 Å². The molecule has 5 rings (SSSR count). The molecule has 0 aromatic heterocycles. The van der Waals surface area contributed by atoms with Gasteiger partial charge in [-0.3, -0.25) is 6.08 Å². The fourth-order valence-corrected chi connectivity index (χ4v) is 4.66. The van der Waals surface area contributed by atoms with E-state index in [2.05, 4.69) is 93.6 Å². The Labute approximate surface area is 213 Å². The second-order valence-electron chi connectivity index (χ2n) is 7.95. The van der Waals surface area contributed by atoms with Gasteiger partial charge in [0.1, 0.15) is 0 Å². The van der Waals surface area contributed by atoms with Crippen molar-refractivity contribution in [1.29, 1.82) is 0 Å². The number of allylic oxidation sites excluding steroid dienone is 2. The molecule has 0 amide bonds. The zero-order valence-corrected chi connectivity index (χ0v) is 21.9. The summed E-state index contributed by atoms with van der Waals surface area (Å²) in [6.07, 6.45) is 7.30. The van der Waals surface area contributed by atoms with Crippen LogP contribution in [0.1, 0.15) is 71.9 Å². The van der Waals surface area contributed by atoms with E-state index in [1.807, 2.05) is 0 Å². The van der Waals surface area contributed by atoms with Crippen LogP contribution in [0.4, 0.5) is 0 Å². The topological polar surface area (TPSA) is 0 Å². The minimum atomic E-state index is 0. The molecule has 0 aliphatic heterocycles. The van der Waals surface area contributed by atoms with Gasteiger partial charge in [-0.15, -0.1) is 11.6 Å². The number of aryl methyl sites for hydroxylation is 2. The molecule has 0 nitrogen and oxygen atoms in total. The Kier molecular flexibility index (Phi) is 10.9. The molecule has 0 saturated carbocycles. The summed E-state index contributed by atoms with van der Waals surface area (Å²) in [5, 5.41) is 0. The molecular weight excluding hydrogens is 486 g/mol. The number of halogens is 2. The summed E-state index contributed by atoms with van der Waals surface area (Å²) in [7, 11) is 0. The number of fused-ring (bicyclic) bond motifs is 2. The van der Waals surface area contributed by atoms with Crippen LogP contribution in [0.3, 0.4) is 0 Å². The third kappa shape index (κ3) is 5.82. The molecule has 0 bridgehead atoms. The Hall–Kier alpha value is -1.01. The molecule has 2 aliphatic carbocycles. The summed E-state index contributed by atoms with van der Waals surface area (Å²) in [6.45, 7) is 6.53. The third-order valence-corrected chi connectivity index (χ3v) is 5.94. The molecule has 0 radical (unpaired) electrons. The van der Waals surface area contributed by atoms with E-state index in [9.17, 15) is 0 Å². The van der Waals surface area contributed by atoms with Crippen molar-refractivity contribution >= 4 is 5.57 Å². The minimum absolute atomic E-state index is 0. The first-order valence-electron chi connectivity index (χ1n) is 10.1. The molecule has 0 N–H and O–H groups in total. The number of rotatable bonds is 1. The quantitative estimate of drug-likeness (QED) is 0.429. The molecule has 30 heavy (non-hydrogen) atoms. The van der Waals surface area contributed by atoms with Crippen LogP contribution in [-0.4, -0.2) is 0 Å². The SMILES string of the molecule is CC1=[C-]C(C)c2ccccc21.Cc1cc2c([cH-]1)CCCC2c1ccccc1.[Cl-].[Cl-].[Zr+4]. The maximum Gasteiger partial charge on any atom is 4.00 e. The summed E-state index contributed by atoms with van der Waals surface area (Å²) in [5.74, 6) is 1.13. The van der Waals surface area contributed by atoms with Crippen molar-refractivity contribution in [3.8, 4) is 0 Å². The van der Waals surface area contributed by atoms with Gasteiger partial charge < -0.3 is 24.8 Å². The van der Waals surface area contributed by atoms with E-state index in [0.717, 1.165) is 0 Å². The second-order valence-corrected chi connectivity index (χ2v) is 7.95. The summed E-state index contributed by atoms with van der Waals surface area (Å²) >= 11 is 0. The van der Waals surface area contributed by atoms with Gasteiger partial charge in [-0.1, -0.05) is 100 Å². The van der Waals surface area contributed by atoms with Crippen molar-refractivity contribution in [2.24, 2.45) is 0 Å². The molecular formula is C27H28Cl2Zr. The Bertz CT molecular complexity index is 956. The normalized spacial score (nSPS) is 18.2. The molecule has 3 aromatic carbocycles. The predicted molar refractivity (Wildman–Crippen MR) is 115 cm³/mol. The van der Waals surface area contributed by atoms with Gasteiger partial charge in [0.2, 0.25) is 0 Å². The maximum atomic E-state index is 3.40. The van der Waals surface area contributed by atoms with E-state index < -0.39 is 0 Å². The van der Waals surface area contributed by atoms with Crippen LogP contribution in [0.25, 0.3) is 5.57 Å². The van der Waals surface area contributed by atoms with Crippen LogP contribution < -0.4 is 24.8 Å². The molecule has 3 heteroatoms. The van der Waals surface area contributed by atoms with E-state index in [4.69, 9.17) is 0 Å². The zero-order valence-electron chi connectivity index (χ0n) is 17.9. The van der Waals surface area contributed by atoms with Gasteiger partial charge in [0.15, 0.2) is 0 Å². The third-order valence-electron chi connectivity index (χ3n) is 5.94. The number of benzene rings is 2. The molecule has 0 spiro atoms. The molecule has 2 atom stereocenters. The van der Waals surface area contributed by atoms with E-state index in [0.29, 0.717) is 11.8 Å². The molecule has 0 fully saturated rings. The number of hydrogen-bond donors (Lipinski definition) is 0. The van der Waals surface area contributed by atoms with Gasteiger partial charge >= 0.3 is 26.2 Å². The van der Waals surface area contributed by atoms with Crippen LogP contribution in [0, 0.1) is 13.0 Å². The van der Waals surface area contributed by atoms with Crippen molar-refractivity contribution < 1.29 is 51.0 Å². The second kappa shape index (κ2) is 12.1. The Morgan fingerprint density at radius 3 is 2.27 bits per heavy atom. The van der Waals surface area contributed by atoms with Crippen molar-refractivity contribution in [1.82, 2.24) is 0 Å². The zero-order chi connectivity index (χ0) is 18.8. The van der Waals surface area contributed by atoms with E-state index in [1.54, 1.807) is 11.1 Å². The molecule has 3 aromatic rings. The Morgan fingerprint density at radius 2 is 1.57 bits per heavy atom. The molecule has 2 aliphatic rings. The monoisotopic (exact) mass is 512 g/mol. The van der Waals surface area contributed by atoms with Crippen molar-refractivity contribution in [2.45, 2.75) is 51.9 Å². The molecule has 2 unspecified atom stereocenters. The molecule has 0 heterocycles. The van der Waals surface area contributed by atoms with Crippen molar-refractivity contribution in [2.75, 3.05) is 0 Å². The van der Waals surface area contributed by atoms with Crippen LogP contribution in [-0.2, 0) is 32.6 Å².